The third-order valence-corrected chi connectivity index (χ3v) is 8.67. The number of fused-ring (bicyclic) bond motifs is 3. The zero-order valence-corrected chi connectivity index (χ0v) is 20.5. The molecular formula is C27H30N2O5S. The molecule has 1 saturated carbocycles. The number of nitrogens with one attached hydrogen (secondary N) is 1. The van der Waals surface area contributed by atoms with Crippen molar-refractivity contribution >= 4 is 29.7 Å². The van der Waals surface area contributed by atoms with Crippen LogP contribution < -0.4 is 5.32 Å². The highest BCUT2D eigenvalue weighted by molar-refractivity contribution is 8.00. The lowest BCUT2D eigenvalue weighted by Gasteiger charge is -2.30. The van der Waals surface area contributed by atoms with Gasteiger partial charge in [-0.3, -0.25) is 4.79 Å². The maximum Gasteiger partial charge on any atom is 0.407 e. The van der Waals surface area contributed by atoms with E-state index in [0.29, 0.717) is 18.1 Å². The highest BCUT2D eigenvalue weighted by Crippen LogP contribution is 2.46. The number of benzene rings is 2. The van der Waals surface area contributed by atoms with Crippen LogP contribution in [0.4, 0.5) is 4.79 Å². The summed E-state index contributed by atoms with van der Waals surface area (Å²) in [4.78, 5) is 38.8. The summed E-state index contributed by atoms with van der Waals surface area (Å²) in [6.45, 7) is 2.33. The number of carboxylic acids is 1. The molecule has 8 heteroatoms. The Morgan fingerprint density at radius 2 is 1.71 bits per heavy atom. The predicted molar refractivity (Wildman–Crippen MR) is 134 cm³/mol. The van der Waals surface area contributed by atoms with E-state index in [1.165, 1.54) is 11.1 Å². The number of alkyl carbamates (subject to hydrolysis) is 1. The Hall–Kier alpha value is -3.00. The van der Waals surface area contributed by atoms with Crippen molar-refractivity contribution < 1.29 is 24.2 Å². The van der Waals surface area contributed by atoms with E-state index in [1.807, 2.05) is 24.3 Å². The number of carboxylic acid groups (broad SMARTS) is 1. The molecule has 7 nitrogen and oxygen atoms in total. The van der Waals surface area contributed by atoms with Crippen molar-refractivity contribution in [3.05, 3.63) is 59.7 Å². The summed E-state index contributed by atoms with van der Waals surface area (Å²) in [7, 11) is 0. The lowest BCUT2D eigenvalue weighted by molar-refractivity contribution is -0.151. The molecule has 1 aliphatic heterocycles. The number of nitrogens with zero attached hydrogens (tertiary/aromatic N) is 1. The largest absolute Gasteiger partial charge is 0.480 e. The molecule has 0 bridgehead atoms. The number of thioether (sulfide) groups is 1. The lowest BCUT2D eigenvalue weighted by atomic mass is 9.98. The summed E-state index contributed by atoms with van der Waals surface area (Å²) in [6, 6.07) is 15.6. The molecule has 1 saturated heterocycles. The van der Waals surface area contributed by atoms with Gasteiger partial charge in [0.25, 0.3) is 0 Å². The Bertz CT molecular complexity index is 1090. The van der Waals surface area contributed by atoms with E-state index >= 15 is 0 Å². The van der Waals surface area contributed by atoms with Gasteiger partial charge in [-0.25, -0.2) is 9.59 Å². The van der Waals surface area contributed by atoms with E-state index < -0.39 is 18.1 Å². The first kappa shape index (κ1) is 23.7. The molecule has 184 valence electrons. The number of aliphatic carboxylic acids is 1. The van der Waals surface area contributed by atoms with Crippen molar-refractivity contribution in [2.75, 3.05) is 18.9 Å². The Kier molecular flexibility index (Phi) is 6.73. The van der Waals surface area contributed by atoms with Gasteiger partial charge in [-0.05, 0) is 47.4 Å². The second kappa shape index (κ2) is 9.93. The van der Waals surface area contributed by atoms with Crippen LogP contribution in [0.5, 0.6) is 0 Å². The fourth-order valence-corrected chi connectivity index (χ4v) is 6.80. The minimum Gasteiger partial charge on any atom is -0.480 e. The monoisotopic (exact) mass is 494 g/mol. The number of amides is 2. The Morgan fingerprint density at radius 3 is 2.31 bits per heavy atom. The molecule has 2 aromatic carbocycles. The van der Waals surface area contributed by atoms with Crippen molar-refractivity contribution in [3.63, 3.8) is 0 Å². The molecule has 2 fully saturated rings. The normalized spacial score (nSPS) is 21.8. The van der Waals surface area contributed by atoms with Crippen LogP contribution in [-0.2, 0) is 14.3 Å². The Balaban J connectivity index is 1.12. The maximum absolute atomic E-state index is 13.1. The summed E-state index contributed by atoms with van der Waals surface area (Å²) in [5, 5.41) is 12.3. The molecule has 2 amide bonds. The highest BCUT2D eigenvalue weighted by atomic mass is 32.2. The van der Waals surface area contributed by atoms with Gasteiger partial charge in [0.15, 0.2) is 0 Å². The first-order valence-electron chi connectivity index (χ1n) is 12.2. The Morgan fingerprint density at radius 1 is 1.09 bits per heavy atom. The molecular weight excluding hydrogens is 464 g/mol. The van der Waals surface area contributed by atoms with Crippen molar-refractivity contribution in [1.82, 2.24) is 10.2 Å². The van der Waals surface area contributed by atoms with Gasteiger partial charge in [0.2, 0.25) is 5.91 Å². The number of rotatable bonds is 8. The van der Waals surface area contributed by atoms with Crippen LogP contribution in [-0.4, -0.2) is 58.3 Å². The molecule has 2 aliphatic carbocycles. The minimum atomic E-state index is -0.946. The zero-order valence-electron chi connectivity index (χ0n) is 19.7. The van der Waals surface area contributed by atoms with Gasteiger partial charge in [0, 0.05) is 24.1 Å². The van der Waals surface area contributed by atoms with Gasteiger partial charge in [0.1, 0.15) is 12.6 Å². The highest BCUT2D eigenvalue weighted by Gasteiger charge is 2.48. The topological polar surface area (TPSA) is 95.9 Å². The number of ether oxygens (including phenoxy) is 1. The van der Waals surface area contributed by atoms with E-state index in [0.717, 1.165) is 24.0 Å². The van der Waals surface area contributed by atoms with Crippen LogP contribution in [0.25, 0.3) is 11.1 Å². The molecule has 5 rings (SSSR count). The molecule has 0 radical (unpaired) electrons. The molecule has 3 aliphatic rings. The van der Waals surface area contributed by atoms with Crippen LogP contribution in [0.15, 0.2) is 48.5 Å². The minimum absolute atomic E-state index is 0.00590. The molecule has 3 unspecified atom stereocenters. The van der Waals surface area contributed by atoms with Crippen molar-refractivity contribution in [2.24, 2.45) is 11.8 Å². The first-order valence-corrected chi connectivity index (χ1v) is 13.3. The summed E-state index contributed by atoms with van der Waals surface area (Å²) in [5.41, 5.74) is 4.66. The van der Waals surface area contributed by atoms with Crippen molar-refractivity contribution in [2.45, 2.75) is 43.5 Å². The molecule has 2 aromatic rings. The Labute approximate surface area is 209 Å². The third-order valence-electron chi connectivity index (χ3n) is 7.21. The fourth-order valence-electron chi connectivity index (χ4n) is 5.16. The van der Waals surface area contributed by atoms with Crippen LogP contribution >= 0.6 is 11.8 Å². The summed E-state index contributed by atoms with van der Waals surface area (Å²) >= 11 is 1.58. The predicted octanol–water partition coefficient (Wildman–Crippen LogP) is 4.32. The van der Waals surface area contributed by atoms with Gasteiger partial charge < -0.3 is 20.1 Å². The standard InChI is InChI=1S/C27H30N2O5S/c1-16(24(30)29-23(26(31)32)15-35-25(29)17-10-11-17)12-13-28-27(33)34-14-22-20-8-4-2-6-18(20)19-7-3-5-9-21(19)22/h2-9,16-17,22-23,25H,10-15H2,1H3,(H,28,33)(H,31,32). The van der Waals surface area contributed by atoms with Crippen LogP contribution in [0.2, 0.25) is 0 Å². The van der Waals surface area contributed by atoms with Gasteiger partial charge in [0.05, 0.1) is 5.37 Å². The maximum atomic E-state index is 13.1. The van der Waals surface area contributed by atoms with Crippen LogP contribution in [0.3, 0.4) is 0 Å². The van der Waals surface area contributed by atoms with Crippen molar-refractivity contribution in [1.29, 1.82) is 0 Å². The average molecular weight is 495 g/mol. The molecule has 0 aromatic heterocycles. The van der Waals surface area contributed by atoms with Crippen LogP contribution in [0.1, 0.15) is 43.2 Å². The average Bonchev–Trinajstić information content (AvgIpc) is 3.52. The van der Waals surface area contributed by atoms with Gasteiger partial charge in [-0.1, -0.05) is 55.5 Å². The fraction of sp³-hybridized carbons (Fsp3) is 0.444. The molecule has 35 heavy (non-hydrogen) atoms. The second-order valence-electron chi connectivity index (χ2n) is 9.60. The van der Waals surface area contributed by atoms with E-state index in [4.69, 9.17) is 4.74 Å². The van der Waals surface area contributed by atoms with Gasteiger partial charge in [-0.2, -0.15) is 0 Å². The van der Waals surface area contributed by atoms with Crippen molar-refractivity contribution in [3.8, 4) is 11.1 Å². The summed E-state index contributed by atoms with van der Waals surface area (Å²) in [6.07, 6.45) is 2.01. The number of carbonyl (C=O) groups excluding carboxylic acids is 2. The van der Waals surface area contributed by atoms with E-state index in [2.05, 4.69) is 29.6 Å². The van der Waals surface area contributed by atoms with Gasteiger partial charge >= 0.3 is 12.1 Å². The van der Waals surface area contributed by atoms with E-state index in [1.54, 1.807) is 23.6 Å². The van der Waals surface area contributed by atoms with E-state index in [9.17, 15) is 19.5 Å². The van der Waals surface area contributed by atoms with Gasteiger partial charge in [-0.15, -0.1) is 11.8 Å². The zero-order chi connectivity index (χ0) is 24.5. The molecule has 1 heterocycles. The SMILES string of the molecule is CC(CCNC(=O)OCC1c2ccccc2-c2ccccc21)C(=O)N1C(C(=O)O)CSC1C1CC1. The smallest absolute Gasteiger partial charge is 0.407 e. The number of hydrogen-bond acceptors (Lipinski definition) is 5. The second-order valence-corrected chi connectivity index (χ2v) is 10.8. The van der Waals surface area contributed by atoms with Crippen LogP contribution in [0, 0.1) is 11.8 Å². The third kappa shape index (κ3) is 4.76. The lowest BCUT2D eigenvalue weighted by Crippen LogP contribution is -2.48. The summed E-state index contributed by atoms with van der Waals surface area (Å²) < 4.78 is 5.56. The molecule has 2 N–H and O–H groups in total. The number of hydrogen-bond donors (Lipinski definition) is 2. The summed E-state index contributed by atoms with van der Waals surface area (Å²) in [5.74, 6) is -0.641. The quantitative estimate of drug-likeness (QED) is 0.568. The number of carbonyl (C=O) groups is 3. The molecule has 3 atom stereocenters. The first-order chi connectivity index (χ1) is 17.0. The molecule has 0 spiro atoms. The van der Waals surface area contributed by atoms with E-state index in [-0.39, 0.29) is 36.3 Å².